The zero-order valence-corrected chi connectivity index (χ0v) is 14.6. The number of hydrogen-bond acceptors (Lipinski definition) is 5. The lowest BCUT2D eigenvalue weighted by atomic mass is 10.0. The number of hydrogen-bond donors (Lipinski definition) is 1. The third kappa shape index (κ3) is 3.28. The van der Waals surface area contributed by atoms with Gasteiger partial charge in [0, 0.05) is 25.7 Å². The molecule has 1 amide bonds. The molecule has 0 aliphatic carbocycles. The van der Waals surface area contributed by atoms with Crippen molar-refractivity contribution in [2.24, 2.45) is 0 Å². The Hall–Kier alpha value is -1.58. The predicted octanol–water partition coefficient (Wildman–Crippen LogP) is 0.189. The first kappa shape index (κ1) is 18.2. The average molecular weight is 374 g/mol. The van der Waals surface area contributed by atoms with Crippen LogP contribution in [0.3, 0.4) is 0 Å². The van der Waals surface area contributed by atoms with Gasteiger partial charge in [-0.05, 0) is 18.6 Å². The molecular weight excluding hydrogens is 354 g/mol. The number of aliphatic hydroxyl groups is 1. The molecule has 25 heavy (non-hydrogen) atoms. The number of sulfone groups is 1. The molecular formula is C16H20F2N2O4S. The van der Waals surface area contributed by atoms with E-state index in [1.54, 1.807) is 0 Å². The fraction of sp³-hybridized carbons (Fsp3) is 0.562. The maximum Gasteiger partial charge on any atom is 0.260 e. The van der Waals surface area contributed by atoms with Gasteiger partial charge in [0.1, 0.15) is 17.2 Å². The second-order valence-electron chi connectivity index (χ2n) is 6.52. The number of benzene rings is 1. The number of nitrogens with zero attached hydrogens (tertiary/aromatic N) is 2. The van der Waals surface area contributed by atoms with Crippen LogP contribution in [0.5, 0.6) is 0 Å². The van der Waals surface area contributed by atoms with Gasteiger partial charge in [-0.1, -0.05) is 6.07 Å². The van der Waals surface area contributed by atoms with Gasteiger partial charge >= 0.3 is 0 Å². The molecule has 6 nitrogen and oxygen atoms in total. The molecule has 0 saturated carbocycles. The summed E-state index contributed by atoms with van der Waals surface area (Å²) in [5.41, 5.74) is -0.488. The lowest BCUT2D eigenvalue weighted by Crippen LogP contribution is -2.61. The van der Waals surface area contributed by atoms with E-state index in [1.165, 1.54) is 17.9 Å². The Morgan fingerprint density at radius 2 is 1.92 bits per heavy atom. The van der Waals surface area contributed by atoms with Crippen LogP contribution in [0.2, 0.25) is 0 Å². The first-order valence-electron chi connectivity index (χ1n) is 8.06. The summed E-state index contributed by atoms with van der Waals surface area (Å²) in [6.07, 6.45) is 0. The van der Waals surface area contributed by atoms with Crippen molar-refractivity contribution >= 4 is 15.7 Å². The standard InChI is InChI=1S/C16H20F2N2O4S/c1-10-2-3-11(17)14(15(10)18)16(22)20-5-4-19(6-7-21)12-8-25(23,24)9-13(12)20/h2-3,12-13,21H,4-9H2,1H3/t12-,13+/m1/s1. The number of aliphatic hydroxyl groups excluding tert-OH is 1. The Morgan fingerprint density at radius 1 is 1.24 bits per heavy atom. The molecule has 2 aliphatic heterocycles. The zero-order chi connectivity index (χ0) is 18.4. The summed E-state index contributed by atoms with van der Waals surface area (Å²) in [5.74, 6) is -3.06. The van der Waals surface area contributed by atoms with Gasteiger partial charge in [0.15, 0.2) is 9.84 Å². The second-order valence-corrected chi connectivity index (χ2v) is 8.68. The van der Waals surface area contributed by atoms with E-state index in [0.717, 1.165) is 6.07 Å². The fourth-order valence-electron chi connectivity index (χ4n) is 3.68. The van der Waals surface area contributed by atoms with Gasteiger partial charge < -0.3 is 10.0 Å². The molecule has 0 aromatic heterocycles. The molecule has 0 spiro atoms. The topological polar surface area (TPSA) is 77.9 Å². The van der Waals surface area contributed by atoms with E-state index < -0.39 is 45.0 Å². The Bertz CT molecular complexity index is 800. The average Bonchev–Trinajstić information content (AvgIpc) is 2.87. The Kier molecular flexibility index (Phi) is 4.82. The Balaban J connectivity index is 1.95. The Morgan fingerprint density at radius 3 is 2.60 bits per heavy atom. The molecule has 2 fully saturated rings. The number of carbonyl (C=O) groups is 1. The third-order valence-corrected chi connectivity index (χ3v) is 6.64. The molecule has 1 aromatic rings. The monoisotopic (exact) mass is 374 g/mol. The van der Waals surface area contributed by atoms with Crippen LogP contribution in [0.15, 0.2) is 12.1 Å². The van der Waals surface area contributed by atoms with Crippen molar-refractivity contribution in [2.45, 2.75) is 19.0 Å². The van der Waals surface area contributed by atoms with Crippen LogP contribution in [0.25, 0.3) is 0 Å². The van der Waals surface area contributed by atoms with Crippen LogP contribution in [0.4, 0.5) is 8.78 Å². The van der Waals surface area contributed by atoms with Crippen molar-refractivity contribution in [1.29, 1.82) is 0 Å². The largest absolute Gasteiger partial charge is 0.395 e. The highest BCUT2D eigenvalue weighted by atomic mass is 32.2. The highest BCUT2D eigenvalue weighted by molar-refractivity contribution is 7.91. The van der Waals surface area contributed by atoms with Crippen molar-refractivity contribution in [3.63, 3.8) is 0 Å². The van der Waals surface area contributed by atoms with E-state index in [1.807, 2.05) is 4.90 Å². The molecule has 1 N–H and O–H groups in total. The van der Waals surface area contributed by atoms with E-state index >= 15 is 0 Å². The molecule has 2 heterocycles. The molecule has 2 aliphatic rings. The molecule has 2 saturated heterocycles. The predicted molar refractivity (Wildman–Crippen MR) is 87.0 cm³/mol. The molecule has 9 heteroatoms. The number of fused-ring (bicyclic) bond motifs is 1. The number of halogens is 2. The van der Waals surface area contributed by atoms with Crippen molar-refractivity contribution in [3.05, 3.63) is 34.9 Å². The van der Waals surface area contributed by atoms with Gasteiger partial charge in [-0.25, -0.2) is 17.2 Å². The summed E-state index contributed by atoms with van der Waals surface area (Å²) in [5, 5.41) is 9.15. The van der Waals surface area contributed by atoms with Crippen LogP contribution in [-0.4, -0.2) is 79.1 Å². The first-order chi connectivity index (χ1) is 11.7. The number of amides is 1. The van der Waals surface area contributed by atoms with Gasteiger partial charge in [-0.2, -0.15) is 0 Å². The number of β-amino-alcohol motifs (C(OH)–C–C–N with tert-alkyl or cyclic N) is 1. The van der Waals surface area contributed by atoms with Crippen molar-refractivity contribution in [2.75, 3.05) is 37.7 Å². The molecule has 2 atom stereocenters. The van der Waals surface area contributed by atoms with Gasteiger partial charge in [0.25, 0.3) is 5.91 Å². The minimum Gasteiger partial charge on any atom is -0.395 e. The quantitative estimate of drug-likeness (QED) is 0.817. The Labute approximate surface area is 145 Å². The SMILES string of the molecule is Cc1ccc(F)c(C(=O)N2CCN(CCO)[C@@H]3CS(=O)(=O)C[C@@H]32)c1F. The lowest BCUT2D eigenvalue weighted by Gasteiger charge is -2.43. The molecule has 1 aromatic carbocycles. The maximum atomic E-state index is 14.3. The number of aryl methyl sites for hydroxylation is 1. The summed E-state index contributed by atoms with van der Waals surface area (Å²) < 4.78 is 52.5. The van der Waals surface area contributed by atoms with Crippen LogP contribution in [0, 0.1) is 18.6 Å². The van der Waals surface area contributed by atoms with Crippen LogP contribution in [0.1, 0.15) is 15.9 Å². The zero-order valence-electron chi connectivity index (χ0n) is 13.8. The molecule has 138 valence electrons. The summed E-state index contributed by atoms with van der Waals surface area (Å²) in [6, 6.07) is 1.16. The highest BCUT2D eigenvalue weighted by Crippen LogP contribution is 2.29. The van der Waals surface area contributed by atoms with E-state index in [4.69, 9.17) is 5.11 Å². The summed E-state index contributed by atoms with van der Waals surface area (Å²) in [6.45, 7) is 2.11. The molecule has 0 bridgehead atoms. The first-order valence-corrected chi connectivity index (χ1v) is 9.88. The minimum atomic E-state index is -3.36. The minimum absolute atomic E-state index is 0.125. The van der Waals surface area contributed by atoms with E-state index in [9.17, 15) is 22.0 Å². The summed E-state index contributed by atoms with van der Waals surface area (Å²) >= 11 is 0. The van der Waals surface area contributed by atoms with Crippen LogP contribution in [-0.2, 0) is 9.84 Å². The van der Waals surface area contributed by atoms with Gasteiger partial charge in [0.05, 0.1) is 24.2 Å². The summed E-state index contributed by atoms with van der Waals surface area (Å²) in [4.78, 5) is 15.9. The number of piperazine rings is 1. The second kappa shape index (κ2) is 6.62. The molecule has 0 unspecified atom stereocenters. The molecule has 0 radical (unpaired) electrons. The normalized spacial score (nSPS) is 25.8. The smallest absolute Gasteiger partial charge is 0.260 e. The van der Waals surface area contributed by atoms with Crippen LogP contribution >= 0.6 is 0 Å². The molecule has 3 rings (SSSR count). The summed E-state index contributed by atoms with van der Waals surface area (Å²) in [7, 11) is -3.36. The lowest BCUT2D eigenvalue weighted by molar-refractivity contribution is 0.0274. The van der Waals surface area contributed by atoms with Gasteiger partial charge in [0.2, 0.25) is 0 Å². The maximum absolute atomic E-state index is 14.3. The fourth-order valence-corrected chi connectivity index (χ4v) is 5.69. The number of carbonyl (C=O) groups excluding carboxylic acids is 1. The van der Waals surface area contributed by atoms with E-state index in [-0.39, 0.29) is 30.2 Å². The van der Waals surface area contributed by atoms with Gasteiger partial charge in [-0.3, -0.25) is 9.69 Å². The van der Waals surface area contributed by atoms with E-state index in [0.29, 0.717) is 13.1 Å². The van der Waals surface area contributed by atoms with E-state index in [2.05, 4.69) is 0 Å². The number of rotatable bonds is 3. The van der Waals surface area contributed by atoms with Crippen LogP contribution < -0.4 is 0 Å². The third-order valence-electron chi connectivity index (χ3n) is 4.94. The van der Waals surface area contributed by atoms with Crippen molar-refractivity contribution < 1.29 is 27.1 Å². The van der Waals surface area contributed by atoms with Gasteiger partial charge in [-0.15, -0.1) is 0 Å². The van der Waals surface area contributed by atoms with Crippen molar-refractivity contribution in [3.8, 4) is 0 Å². The van der Waals surface area contributed by atoms with Crippen molar-refractivity contribution in [1.82, 2.24) is 9.80 Å². The highest BCUT2D eigenvalue weighted by Gasteiger charge is 2.48.